The summed E-state index contributed by atoms with van der Waals surface area (Å²) in [6, 6.07) is 15.7. The van der Waals surface area contributed by atoms with Crippen molar-refractivity contribution >= 4 is 73.7 Å². The SMILES string of the molecule is Cc1c(Nc2nc3ccccc3s2)nnc2c1CCCN2c1ccc(-c2cnn(CC34CC5(C)CC(C)(C3)CC(OCCN(C)CCCCCCCCCCOc3ccc6c(c3)C(=O)N(C3CCC(=O)NC3=O)C6=O)(C5)C4)c2C)c(C(=O)O)n1. The molecule has 13 rings (SSSR count). The summed E-state index contributed by atoms with van der Waals surface area (Å²) in [4.78, 5) is 78.2. The molecule has 442 valence electrons. The van der Waals surface area contributed by atoms with E-state index in [0.29, 0.717) is 48.5 Å². The van der Waals surface area contributed by atoms with Crippen molar-refractivity contribution in [3.05, 3.63) is 94.4 Å². The summed E-state index contributed by atoms with van der Waals surface area (Å²) in [5.41, 5.74) is 5.88. The maximum Gasteiger partial charge on any atom is 0.355 e. The highest BCUT2D eigenvalue weighted by Gasteiger charge is 2.66. The minimum Gasteiger partial charge on any atom is -0.494 e. The zero-order valence-electron chi connectivity index (χ0n) is 49.1. The number of unbranched alkanes of at least 4 members (excludes halogenated alkanes) is 7. The number of benzene rings is 2. The normalized spacial score (nSPS) is 24.3. The summed E-state index contributed by atoms with van der Waals surface area (Å²) in [5, 5.41) is 31.4. The molecule has 7 aliphatic rings. The number of nitrogens with one attached hydrogen (secondary N) is 2. The van der Waals surface area contributed by atoms with E-state index in [1.165, 1.54) is 32.1 Å². The van der Waals surface area contributed by atoms with Gasteiger partial charge in [-0.25, -0.2) is 14.8 Å². The van der Waals surface area contributed by atoms with Crippen LogP contribution >= 0.6 is 11.3 Å². The number of para-hydroxylation sites is 1. The second kappa shape index (κ2) is 23.0. The van der Waals surface area contributed by atoms with Gasteiger partial charge in [-0.15, -0.1) is 10.2 Å². The number of rotatable bonds is 24. The molecule has 3 unspecified atom stereocenters. The molecule has 3 N–H and O–H groups in total. The second-order valence-electron chi connectivity index (χ2n) is 25.9. The Labute approximate surface area is 494 Å². The minimum absolute atomic E-state index is 0.00974. The number of likely N-dealkylation sites (N-methyl/N-ethyl adjacent to an activating group) is 1. The van der Waals surface area contributed by atoms with E-state index in [1.54, 1.807) is 29.5 Å². The van der Waals surface area contributed by atoms with Crippen LogP contribution in [0.1, 0.15) is 171 Å². The third-order valence-electron chi connectivity index (χ3n) is 18.8. The Morgan fingerprint density at radius 3 is 2.31 bits per heavy atom. The molecule has 2 aromatic carbocycles. The van der Waals surface area contributed by atoms with E-state index in [4.69, 9.17) is 29.6 Å². The number of amides is 4. The number of fused-ring (bicyclic) bond motifs is 3. The van der Waals surface area contributed by atoms with E-state index in [9.17, 15) is 29.1 Å². The fourth-order valence-corrected chi connectivity index (χ4v) is 16.9. The van der Waals surface area contributed by atoms with Crippen LogP contribution in [0.4, 0.5) is 22.6 Å². The predicted molar refractivity (Wildman–Crippen MR) is 320 cm³/mol. The van der Waals surface area contributed by atoms with Gasteiger partial charge in [-0.1, -0.05) is 75.8 Å². The first-order valence-corrected chi connectivity index (χ1v) is 31.1. The molecule has 6 aromatic rings. The summed E-state index contributed by atoms with van der Waals surface area (Å²) >= 11 is 1.57. The highest BCUT2D eigenvalue weighted by atomic mass is 32.1. The number of hydrogen-bond acceptors (Lipinski definition) is 16. The summed E-state index contributed by atoms with van der Waals surface area (Å²) in [6.45, 7) is 13.6. The van der Waals surface area contributed by atoms with E-state index in [1.807, 2.05) is 48.4 Å². The van der Waals surface area contributed by atoms with Crippen molar-refractivity contribution in [2.45, 2.75) is 161 Å². The summed E-state index contributed by atoms with van der Waals surface area (Å²) < 4.78 is 16.3. The Morgan fingerprint density at radius 2 is 1.55 bits per heavy atom. The summed E-state index contributed by atoms with van der Waals surface area (Å²) in [6.07, 6.45) is 19.3. The van der Waals surface area contributed by atoms with Gasteiger partial charge in [0.15, 0.2) is 22.5 Å². The molecule has 20 heteroatoms. The molecule has 4 bridgehead atoms. The molecule has 0 spiro atoms. The molecule has 4 saturated carbocycles. The van der Waals surface area contributed by atoms with Crippen molar-refractivity contribution in [1.29, 1.82) is 0 Å². The summed E-state index contributed by atoms with van der Waals surface area (Å²) in [5.74, 6) is -0.775. The number of aromatic nitrogens is 6. The highest BCUT2D eigenvalue weighted by molar-refractivity contribution is 7.22. The average molecular weight is 1160 g/mol. The number of piperidine rings is 1. The van der Waals surface area contributed by atoms with Crippen LogP contribution in [0.5, 0.6) is 5.75 Å². The first-order chi connectivity index (χ1) is 40.4. The standard InChI is InChI=1S/C64H77N11O8S/c1-40-43-17-16-27-73(55(43)71-70-54(40)69-60-66-48-18-12-13-19-50(48)84-60)51-24-22-44(53(67-51)59(80)81)47-32-65-74(41(47)2)39-63-34-61(3)33-62(4,35-63)37-64(36-61,38-63)83-30-28-72(5)26-14-10-8-6-7-9-11-15-29-82-42-20-21-45-46(31-42)58(79)75(57(45)78)49-23-25-52(76)68-56(49)77/h12-13,18-22,24,31-32,49H,6-11,14-17,23,25-30,33-39H2,1-5H3,(H,80,81)(H,66,69,70)(H,68,76,77). The van der Waals surface area contributed by atoms with Crippen LogP contribution in [0.2, 0.25) is 0 Å². The van der Waals surface area contributed by atoms with Crippen LogP contribution in [0.3, 0.4) is 0 Å². The van der Waals surface area contributed by atoms with Crippen LogP contribution in [0.15, 0.2) is 60.8 Å². The molecule has 4 amide bonds. The van der Waals surface area contributed by atoms with Crippen LogP contribution in [-0.4, -0.2) is 126 Å². The number of nitrogens with zero attached hydrogens (tertiary/aromatic N) is 9. The quantitative estimate of drug-likeness (QED) is 0.0378. The van der Waals surface area contributed by atoms with Crippen molar-refractivity contribution in [2.24, 2.45) is 16.2 Å². The first kappa shape index (κ1) is 57.3. The lowest BCUT2D eigenvalue weighted by Crippen LogP contribution is -2.64. The molecule has 7 heterocycles. The van der Waals surface area contributed by atoms with E-state index in [2.05, 4.69) is 59.2 Å². The van der Waals surface area contributed by atoms with Crippen molar-refractivity contribution in [3.8, 4) is 16.9 Å². The smallest absolute Gasteiger partial charge is 0.355 e. The molecule has 4 aliphatic carbocycles. The van der Waals surface area contributed by atoms with Crippen molar-refractivity contribution in [1.82, 2.24) is 45.1 Å². The molecule has 84 heavy (non-hydrogen) atoms. The lowest BCUT2D eigenvalue weighted by atomic mass is 9.39. The minimum atomic E-state index is -1.09. The number of hydrogen-bond donors (Lipinski definition) is 3. The number of thiazole rings is 1. The molecule has 4 aromatic heterocycles. The topological polar surface area (TPSA) is 227 Å². The Bertz CT molecular complexity index is 3510. The number of carboxylic acid groups (broad SMARTS) is 1. The Hall–Kier alpha value is -7.16. The number of ether oxygens (including phenoxy) is 2. The lowest BCUT2D eigenvalue weighted by Gasteiger charge is -2.69. The van der Waals surface area contributed by atoms with Gasteiger partial charge in [0.1, 0.15) is 17.6 Å². The van der Waals surface area contributed by atoms with Gasteiger partial charge in [0, 0.05) is 54.0 Å². The van der Waals surface area contributed by atoms with Crippen LogP contribution < -0.4 is 20.3 Å². The number of carbonyl (C=O) groups excluding carboxylic acids is 4. The average Bonchev–Trinajstić information content (AvgIpc) is 0.852. The number of pyridine rings is 1. The van der Waals surface area contributed by atoms with Crippen molar-refractivity contribution in [2.75, 3.05) is 50.1 Å². The maximum atomic E-state index is 13.2. The van der Waals surface area contributed by atoms with Crippen molar-refractivity contribution in [3.63, 3.8) is 0 Å². The molecule has 19 nitrogen and oxygen atoms in total. The van der Waals surface area contributed by atoms with Gasteiger partial charge in [-0.2, -0.15) is 5.10 Å². The Balaban J connectivity index is 0.593. The first-order valence-electron chi connectivity index (χ1n) is 30.2. The zero-order chi connectivity index (χ0) is 58.5. The van der Waals surface area contributed by atoms with Gasteiger partial charge in [-0.3, -0.25) is 34.1 Å². The number of anilines is 4. The van der Waals surface area contributed by atoms with E-state index < -0.39 is 35.6 Å². The number of carbonyl (C=O) groups is 5. The number of imide groups is 2. The number of carboxylic acids is 1. The highest BCUT2D eigenvalue weighted by Crippen LogP contribution is 2.72. The largest absolute Gasteiger partial charge is 0.494 e. The van der Waals surface area contributed by atoms with Crippen molar-refractivity contribution < 1.29 is 38.6 Å². The van der Waals surface area contributed by atoms with Crippen LogP contribution in [-0.2, 0) is 27.3 Å². The van der Waals surface area contributed by atoms with Gasteiger partial charge < -0.3 is 29.7 Å². The van der Waals surface area contributed by atoms with Gasteiger partial charge in [0.05, 0.1) is 46.4 Å². The zero-order valence-corrected chi connectivity index (χ0v) is 49.9. The number of aromatic carboxylic acids is 1. The van der Waals surface area contributed by atoms with Crippen LogP contribution in [0.25, 0.3) is 21.3 Å². The Kier molecular flexibility index (Phi) is 15.7. The third-order valence-corrected chi connectivity index (χ3v) is 19.7. The fourth-order valence-electron chi connectivity index (χ4n) is 16.1. The monoisotopic (exact) mass is 1160 g/mol. The molecular weight excluding hydrogens is 1080 g/mol. The lowest BCUT2D eigenvalue weighted by molar-refractivity contribution is -0.248. The fraction of sp³-hybridized carbons (Fsp3) is 0.531. The van der Waals surface area contributed by atoms with Gasteiger partial charge in [0.25, 0.3) is 11.8 Å². The second-order valence-corrected chi connectivity index (χ2v) is 26.9. The molecule has 1 saturated heterocycles. The van der Waals surface area contributed by atoms with Gasteiger partial charge >= 0.3 is 5.97 Å². The molecule has 5 fully saturated rings. The Morgan fingerprint density at radius 1 is 0.810 bits per heavy atom. The molecule has 3 atom stereocenters. The predicted octanol–water partition coefficient (Wildman–Crippen LogP) is 11.2. The molecule has 3 aliphatic heterocycles. The van der Waals surface area contributed by atoms with E-state index >= 15 is 0 Å². The molecule has 0 radical (unpaired) electrons. The van der Waals surface area contributed by atoms with Gasteiger partial charge in [0.2, 0.25) is 11.8 Å². The van der Waals surface area contributed by atoms with E-state index in [-0.39, 0.29) is 51.5 Å². The molecular formula is C64H77N11O8S. The van der Waals surface area contributed by atoms with Gasteiger partial charge in [-0.05, 0) is 157 Å². The summed E-state index contributed by atoms with van der Waals surface area (Å²) in [7, 11) is 2.21. The third kappa shape index (κ3) is 11.4. The van der Waals surface area contributed by atoms with Crippen LogP contribution in [0, 0.1) is 30.1 Å². The maximum absolute atomic E-state index is 13.2. The van der Waals surface area contributed by atoms with E-state index in [0.717, 1.165) is 133 Å².